The molecule has 2 heterocycles. The number of halogens is 1. The van der Waals surface area contributed by atoms with Gasteiger partial charge >= 0.3 is 0 Å². The van der Waals surface area contributed by atoms with Crippen LogP contribution in [0.5, 0.6) is 5.75 Å². The molecule has 0 spiro atoms. The Labute approximate surface area is 129 Å². The minimum Gasteiger partial charge on any atom is -0.493 e. The van der Waals surface area contributed by atoms with Crippen molar-refractivity contribution >= 4 is 11.6 Å². The van der Waals surface area contributed by atoms with Gasteiger partial charge in [-0.3, -0.25) is 16.3 Å². The van der Waals surface area contributed by atoms with Crippen LogP contribution >= 0.6 is 11.6 Å². The number of aromatic nitrogens is 1. The molecule has 1 aromatic carbocycles. The van der Waals surface area contributed by atoms with Crippen molar-refractivity contribution in [2.45, 2.75) is 24.8 Å². The summed E-state index contributed by atoms with van der Waals surface area (Å²) >= 11 is 6.23. The van der Waals surface area contributed by atoms with Crippen LogP contribution in [-0.4, -0.2) is 11.6 Å². The highest BCUT2D eigenvalue weighted by atomic mass is 35.5. The van der Waals surface area contributed by atoms with E-state index in [-0.39, 0.29) is 6.04 Å². The van der Waals surface area contributed by atoms with Crippen LogP contribution in [0, 0.1) is 0 Å². The number of pyridine rings is 1. The zero-order chi connectivity index (χ0) is 14.7. The Morgan fingerprint density at radius 2 is 2.19 bits per heavy atom. The maximum Gasteiger partial charge on any atom is 0.122 e. The Morgan fingerprint density at radius 3 is 3.00 bits per heavy atom. The summed E-state index contributed by atoms with van der Waals surface area (Å²) in [5.41, 5.74) is 4.88. The van der Waals surface area contributed by atoms with Crippen LogP contribution in [0.1, 0.15) is 36.1 Å². The summed E-state index contributed by atoms with van der Waals surface area (Å²) in [6.07, 6.45) is 3.55. The molecule has 0 amide bonds. The van der Waals surface area contributed by atoms with Gasteiger partial charge in [-0.25, -0.2) is 0 Å². The SMILES string of the molecule is NNC(CC1CCOc2ccccc21)c1ncccc1Cl. The molecular weight excluding hydrogens is 286 g/mol. The second-order valence-corrected chi connectivity index (χ2v) is 5.60. The summed E-state index contributed by atoms with van der Waals surface area (Å²) in [4.78, 5) is 4.37. The number of nitrogens with zero attached hydrogens (tertiary/aromatic N) is 1. The van der Waals surface area contributed by atoms with Crippen LogP contribution in [0.3, 0.4) is 0 Å². The second kappa shape index (κ2) is 6.43. The van der Waals surface area contributed by atoms with Crippen molar-refractivity contribution in [3.8, 4) is 5.75 Å². The summed E-state index contributed by atoms with van der Waals surface area (Å²) in [5, 5.41) is 0.640. The third-order valence-corrected chi connectivity index (χ3v) is 4.24. The number of nitrogens with one attached hydrogen (secondary N) is 1. The number of ether oxygens (including phenoxy) is 1. The Morgan fingerprint density at radius 1 is 1.33 bits per heavy atom. The molecule has 2 unspecified atom stereocenters. The Hall–Kier alpha value is -1.62. The second-order valence-electron chi connectivity index (χ2n) is 5.20. The van der Waals surface area contributed by atoms with E-state index in [1.54, 1.807) is 6.20 Å². The Bertz CT molecular complexity index is 620. The summed E-state index contributed by atoms with van der Waals surface area (Å²) in [7, 11) is 0. The van der Waals surface area contributed by atoms with Crippen LogP contribution in [0.15, 0.2) is 42.6 Å². The van der Waals surface area contributed by atoms with Gasteiger partial charge in [0.1, 0.15) is 5.75 Å². The Kier molecular flexibility index (Phi) is 4.39. The first-order valence-electron chi connectivity index (χ1n) is 7.08. The predicted molar refractivity (Wildman–Crippen MR) is 83.2 cm³/mol. The molecule has 2 aromatic rings. The van der Waals surface area contributed by atoms with Gasteiger partial charge in [0.05, 0.1) is 23.4 Å². The maximum atomic E-state index is 6.23. The lowest BCUT2D eigenvalue weighted by atomic mass is 9.86. The zero-order valence-corrected chi connectivity index (χ0v) is 12.4. The minimum atomic E-state index is -0.0742. The standard InChI is InChI=1S/C16H18ClN3O/c17-13-5-3-8-19-16(13)14(20-18)10-11-7-9-21-15-6-2-1-4-12(11)15/h1-6,8,11,14,20H,7,9-10,18H2. The molecule has 3 N–H and O–H groups in total. The molecule has 0 saturated heterocycles. The van der Waals surface area contributed by atoms with E-state index < -0.39 is 0 Å². The summed E-state index contributed by atoms with van der Waals surface area (Å²) < 4.78 is 5.70. The topological polar surface area (TPSA) is 60.2 Å². The number of nitrogens with two attached hydrogens (primary N) is 1. The Balaban J connectivity index is 1.84. The van der Waals surface area contributed by atoms with Gasteiger partial charge in [-0.1, -0.05) is 29.8 Å². The van der Waals surface area contributed by atoms with Gasteiger partial charge in [0.25, 0.3) is 0 Å². The quantitative estimate of drug-likeness (QED) is 0.672. The smallest absolute Gasteiger partial charge is 0.122 e. The van der Waals surface area contributed by atoms with E-state index in [9.17, 15) is 0 Å². The third kappa shape index (κ3) is 3.02. The number of hydrogen-bond donors (Lipinski definition) is 2. The van der Waals surface area contributed by atoms with Crippen LogP contribution in [-0.2, 0) is 0 Å². The van der Waals surface area contributed by atoms with Gasteiger partial charge in [-0.15, -0.1) is 0 Å². The fraction of sp³-hybridized carbons (Fsp3) is 0.312. The molecule has 0 bridgehead atoms. The summed E-state index contributed by atoms with van der Waals surface area (Å²) in [6, 6.07) is 11.8. The normalized spacial score (nSPS) is 18.7. The van der Waals surface area contributed by atoms with E-state index in [0.29, 0.717) is 10.9 Å². The van der Waals surface area contributed by atoms with Crippen molar-refractivity contribution in [3.63, 3.8) is 0 Å². The monoisotopic (exact) mass is 303 g/mol. The highest BCUT2D eigenvalue weighted by Gasteiger charge is 2.26. The van der Waals surface area contributed by atoms with E-state index in [1.807, 2.05) is 30.3 Å². The highest BCUT2D eigenvalue weighted by Crippen LogP contribution is 2.39. The van der Waals surface area contributed by atoms with Crippen molar-refractivity contribution in [2.75, 3.05) is 6.61 Å². The van der Waals surface area contributed by atoms with Crippen molar-refractivity contribution in [1.29, 1.82) is 0 Å². The van der Waals surface area contributed by atoms with Crippen molar-refractivity contribution < 1.29 is 4.74 Å². The number of hydrogen-bond acceptors (Lipinski definition) is 4. The van der Waals surface area contributed by atoms with Crippen LogP contribution in [0.4, 0.5) is 0 Å². The van der Waals surface area contributed by atoms with E-state index in [2.05, 4.69) is 16.5 Å². The predicted octanol–water partition coefficient (Wildman–Crippen LogP) is 3.20. The lowest BCUT2D eigenvalue weighted by molar-refractivity contribution is 0.255. The molecule has 4 nitrogen and oxygen atoms in total. The molecule has 1 aliphatic rings. The number of benzene rings is 1. The van der Waals surface area contributed by atoms with E-state index >= 15 is 0 Å². The van der Waals surface area contributed by atoms with Gasteiger partial charge < -0.3 is 4.74 Å². The molecule has 3 rings (SSSR count). The molecule has 0 saturated carbocycles. The zero-order valence-electron chi connectivity index (χ0n) is 11.6. The molecule has 21 heavy (non-hydrogen) atoms. The van der Waals surface area contributed by atoms with Crippen molar-refractivity contribution in [1.82, 2.24) is 10.4 Å². The van der Waals surface area contributed by atoms with E-state index in [1.165, 1.54) is 5.56 Å². The van der Waals surface area contributed by atoms with Gasteiger partial charge in [-0.2, -0.15) is 0 Å². The van der Waals surface area contributed by atoms with Crippen LogP contribution in [0.25, 0.3) is 0 Å². The number of hydrazine groups is 1. The average Bonchev–Trinajstić information content (AvgIpc) is 2.53. The highest BCUT2D eigenvalue weighted by molar-refractivity contribution is 6.31. The van der Waals surface area contributed by atoms with Crippen molar-refractivity contribution in [2.24, 2.45) is 5.84 Å². The van der Waals surface area contributed by atoms with Crippen molar-refractivity contribution in [3.05, 3.63) is 58.9 Å². The molecule has 2 atom stereocenters. The third-order valence-electron chi connectivity index (χ3n) is 3.92. The maximum absolute atomic E-state index is 6.23. The average molecular weight is 304 g/mol. The molecule has 0 aliphatic carbocycles. The van der Waals surface area contributed by atoms with Gasteiger partial charge in [0.2, 0.25) is 0 Å². The molecule has 1 aromatic heterocycles. The minimum absolute atomic E-state index is 0.0742. The van der Waals surface area contributed by atoms with Gasteiger partial charge in [0, 0.05) is 6.20 Å². The summed E-state index contributed by atoms with van der Waals surface area (Å²) in [6.45, 7) is 0.731. The lowest BCUT2D eigenvalue weighted by Gasteiger charge is -2.29. The van der Waals surface area contributed by atoms with E-state index in [4.69, 9.17) is 22.2 Å². The molecule has 0 radical (unpaired) electrons. The van der Waals surface area contributed by atoms with Gasteiger partial charge in [0.15, 0.2) is 0 Å². The molecular formula is C16H18ClN3O. The number of para-hydroxylation sites is 1. The van der Waals surface area contributed by atoms with Gasteiger partial charge in [-0.05, 0) is 42.5 Å². The molecule has 5 heteroatoms. The van der Waals surface area contributed by atoms with E-state index in [0.717, 1.165) is 30.9 Å². The fourth-order valence-corrected chi connectivity index (χ4v) is 3.11. The first-order valence-corrected chi connectivity index (χ1v) is 7.45. The molecule has 110 valence electrons. The summed E-state index contributed by atoms with van der Waals surface area (Å²) in [5.74, 6) is 7.08. The largest absolute Gasteiger partial charge is 0.493 e. The first-order chi connectivity index (χ1) is 10.3. The molecule has 0 fully saturated rings. The lowest BCUT2D eigenvalue weighted by Crippen LogP contribution is -2.31. The molecule has 1 aliphatic heterocycles. The van der Waals surface area contributed by atoms with Crippen LogP contribution in [0.2, 0.25) is 5.02 Å². The van der Waals surface area contributed by atoms with Crippen LogP contribution < -0.4 is 16.0 Å². The number of rotatable bonds is 4. The fourth-order valence-electron chi connectivity index (χ4n) is 2.86. The first kappa shape index (κ1) is 14.3. The number of fused-ring (bicyclic) bond motifs is 1.